The summed E-state index contributed by atoms with van der Waals surface area (Å²) in [7, 11) is 0. The van der Waals surface area contributed by atoms with Gasteiger partial charge in [-0.25, -0.2) is 0 Å². The Morgan fingerprint density at radius 3 is 1.59 bits per heavy atom. The van der Waals surface area contributed by atoms with Gasteiger partial charge in [-0.05, 0) is 6.42 Å². The zero-order chi connectivity index (χ0) is 25.3. The van der Waals surface area contributed by atoms with Gasteiger partial charge in [-0.15, -0.1) is 0 Å². The number of hydrogen-bond acceptors (Lipinski definition) is 2. The monoisotopic (exact) mass is 516 g/mol. The summed E-state index contributed by atoms with van der Waals surface area (Å²) in [6.45, 7) is 8.94. The van der Waals surface area contributed by atoms with Crippen LogP contribution in [-0.4, -0.2) is 9.29 Å². The summed E-state index contributed by atoms with van der Waals surface area (Å²) >= 11 is -3.58. The molecule has 1 unspecified atom stereocenters. The molecule has 4 heteroatoms. The molecule has 3 nitrogen and oxygen atoms in total. The Morgan fingerprint density at radius 2 is 1.09 bits per heavy atom. The molecule has 0 fully saturated rings. The van der Waals surface area contributed by atoms with Crippen molar-refractivity contribution in [2.24, 2.45) is 5.92 Å². The molecule has 0 aliphatic rings. The molecule has 0 rings (SSSR count). The molecule has 1 N–H and O–H groups in total. The van der Waals surface area contributed by atoms with Gasteiger partial charge >= 0.3 is 176 Å². The van der Waals surface area contributed by atoms with Crippen LogP contribution in [0.3, 0.4) is 0 Å². The summed E-state index contributed by atoms with van der Waals surface area (Å²) in [6, 6.07) is 0. The molecule has 0 saturated carbocycles. The van der Waals surface area contributed by atoms with E-state index in [4.69, 9.17) is 3.32 Å². The zero-order valence-corrected chi connectivity index (χ0v) is 25.1. The normalized spacial score (nSPS) is 13.1. The van der Waals surface area contributed by atoms with Crippen molar-refractivity contribution in [2.75, 3.05) is 0 Å². The van der Waals surface area contributed by atoms with E-state index < -0.39 is 18.6 Å². The molecule has 0 aliphatic carbocycles. The van der Waals surface area contributed by atoms with E-state index in [0.29, 0.717) is 5.92 Å². The van der Waals surface area contributed by atoms with Gasteiger partial charge in [0.15, 0.2) is 0 Å². The molecule has 0 aromatic carbocycles. The molecule has 1 atom stereocenters. The Kier molecular flexibility index (Phi) is 25.0. The second-order valence-corrected chi connectivity index (χ2v) is 11.6. The molecule has 0 radical (unpaired) electrons. The van der Waals surface area contributed by atoms with Crippen molar-refractivity contribution in [1.29, 1.82) is 0 Å². The SMILES string of the molecule is CCCCCCCC/C=C\CCCCCCC(CCCC)C(CCCC)(CCCC)[O][Ti](=[O])[OH]. The third-order valence-electron chi connectivity index (χ3n) is 7.41. The van der Waals surface area contributed by atoms with Crippen molar-refractivity contribution in [3.05, 3.63) is 12.2 Å². The fraction of sp³-hybridized carbons (Fsp3) is 0.933. The molecule has 0 heterocycles. The van der Waals surface area contributed by atoms with Gasteiger partial charge in [0.2, 0.25) is 0 Å². The number of rotatable bonds is 26. The maximum atomic E-state index is 11.9. The fourth-order valence-electron chi connectivity index (χ4n) is 5.25. The first-order valence-electron chi connectivity index (χ1n) is 15.1. The molecule has 0 bridgehead atoms. The molecular weight excluding hydrogens is 456 g/mol. The Morgan fingerprint density at radius 1 is 0.647 bits per heavy atom. The molecule has 0 aromatic rings. The van der Waals surface area contributed by atoms with E-state index in [1.165, 1.54) is 89.9 Å². The van der Waals surface area contributed by atoms with Crippen molar-refractivity contribution >= 4 is 0 Å². The van der Waals surface area contributed by atoms with Crippen LogP contribution in [0.15, 0.2) is 12.2 Å². The molecule has 0 aromatic heterocycles. The molecule has 202 valence electrons. The predicted octanol–water partition coefficient (Wildman–Crippen LogP) is 10.4. The minimum atomic E-state index is -3.58. The minimum absolute atomic E-state index is 0.369. The van der Waals surface area contributed by atoms with Crippen LogP contribution in [-0.2, 0) is 25.3 Å². The Labute approximate surface area is 221 Å². The van der Waals surface area contributed by atoms with E-state index in [1.807, 2.05) is 0 Å². The fourth-order valence-corrected chi connectivity index (χ4v) is 6.37. The van der Waals surface area contributed by atoms with E-state index in [0.717, 1.165) is 51.4 Å². The van der Waals surface area contributed by atoms with Gasteiger partial charge in [0.25, 0.3) is 0 Å². The Balaban J connectivity index is 4.49. The molecular formula is C30H60O3Ti. The summed E-state index contributed by atoms with van der Waals surface area (Å²) in [4.78, 5) is 0. The second-order valence-electron chi connectivity index (χ2n) is 10.5. The average Bonchev–Trinajstić information content (AvgIpc) is 2.82. The van der Waals surface area contributed by atoms with E-state index >= 15 is 0 Å². The number of hydrogen-bond donors (Lipinski definition) is 1. The van der Waals surface area contributed by atoms with Crippen LogP contribution < -0.4 is 0 Å². The summed E-state index contributed by atoms with van der Waals surface area (Å²) in [5.74, 6) is 0.423. The summed E-state index contributed by atoms with van der Waals surface area (Å²) in [5, 5.41) is 0. The van der Waals surface area contributed by atoms with Gasteiger partial charge in [0, 0.05) is 0 Å². The van der Waals surface area contributed by atoms with Crippen LogP contribution in [0.1, 0.15) is 169 Å². The molecule has 34 heavy (non-hydrogen) atoms. The summed E-state index contributed by atoms with van der Waals surface area (Å²) in [6.07, 6.45) is 31.5. The van der Waals surface area contributed by atoms with Gasteiger partial charge in [-0.1, -0.05) is 39.0 Å². The van der Waals surface area contributed by atoms with Gasteiger partial charge in [-0.3, -0.25) is 0 Å². The van der Waals surface area contributed by atoms with E-state index in [-0.39, 0.29) is 5.60 Å². The average molecular weight is 517 g/mol. The van der Waals surface area contributed by atoms with E-state index in [1.54, 1.807) is 0 Å². The quantitative estimate of drug-likeness (QED) is 0.0706. The Bertz CT molecular complexity index is 470. The zero-order valence-electron chi connectivity index (χ0n) is 23.6. The van der Waals surface area contributed by atoms with Crippen molar-refractivity contribution < 1.29 is 28.9 Å². The first-order chi connectivity index (χ1) is 16.6. The van der Waals surface area contributed by atoms with Gasteiger partial charge in [0.1, 0.15) is 0 Å². The first-order valence-corrected chi connectivity index (χ1v) is 17.1. The number of allylic oxidation sites excluding steroid dienone is 2. The van der Waals surface area contributed by atoms with Crippen LogP contribution in [0, 0.1) is 5.92 Å². The van der Waals surface area contributed by atoms with E-state index in [2.05, 4.69) is 39.8 Å². The topological polar surface area (TPSA) is 46.5 Å². The van der Waals surface area contributed by atoms with E-state index in [9.17, 15) is 7.01 Å². The van der Waals surface area contributed by atoms with Gasteiger partial charge in [0.05, 0.1) is 0 Å². The van der Waals surface area contributed by atoms with Crippen LogP contribution in [0.2, 0.25) is 0 Å². The maximum absolute atomic E-state index is 11.9. The molecule has 0 saturated heterocycles. The van der Waals surface area contributed by atoms with Crippen molar-refractivity contribution in [3.63, 3.8) is 0 Å². The van der Waals surface area contributed by atoms with Crippen molar-refractivity contribution in [3.8, 4) is 0 Å². The van der Waals surface area contributed by atoms with Crippen molar-refractivity contribution in [1.82, 2.24) is 0 Å². The predicted molar refractivity (Wildman–Crippen MR) is 144 cm³/mol. The molecule has 0 amide bonds. The summed E-state index contributed by atoms with van der Waals surface area (Å²) in [5.41, 5.74) is -0.369. The summed E-state index contributed by atoms with van der Waals surface area (Å²) < 4.78 is 27.8. The third kappa shape index (κ3) is 18.4. The number of unbranched alkanes of at least 4 members (excludes halogenated alkanes) is 13. The Hall–Kier alpha value is 0.174. The van der Waals surface area contributed by atoms with Crippen LogP contribution in [0.25, 0.3) is 0 Å². The van der Waals surface area contributed by atoms with Crippen LogP contribution in [0.4, 0.5) is 0 Å². The van der Waals surface area contributed by atoms with Crippen LogP contribution >= 0.6 is 0 Å². The standard InChI is InChI=1S/C30H59O.H2O.O.Ti/c1-5-9-13-14-15-16-17-18-19-20-21-22-23-24-26-29(25-10-6-2)30(31,27-11-7-3)28-12-8-4;;;/h18-19,29H,5-17,20-28H2,1-4H3;1H2;;/q-1;;;+2/p-1/b19-18-;;;. The molecule has 0 spiro atoms. The van der Waals surface area contributed by atoms with Crippen LogP contribution in [0.5, 0.6) is 0 Å². The third-order valence-corrected chi connectivity index (χ3v) is 8.32. The molecule has 0 aliphatic heterocycles. The van der Waals surface area contributed by atoms with Crippen molar-refractivity contribution in [2.45, 2.75) is 175 Å². The van der Waals surface area contributed by atoms with Gasteiger partial charge < -0.3 is 0 Å². The van der Waals surface area contributed by atoms with Gasteiger partial charge in [-0.2, -0.15) is 0 Å². The first kappa shape index (κ1) is 34.2. The second kappa shape index (κ2) is 24.9.